The number of nitrogens with one attached hydrogen (secondary N) is 1. The zero-order chi connectivity index (χ0) is 20.7. The topological polar surface area (TPSA) is 38.3 Å². The molecule has 154 valence electrons. The van der Waals surface area contributed by atoms with Crippen molar-refractivity contribution in [2.45, 2.75) is 28.4 Å². The van der Waals surface area contributed by atoms with Crippen LogP contribution in [0.25, 0.3) is 0 Å². The van der Waals surface area contributed by atoms with E-state index >= 15 is 0 Å². The predicted molar refractivity (Wildman–Crippen MR) is 123 cm³/mol. The van der Waals surface area contributed by atoms with Crippen molar-refractivity contribution in [3.05, 3.63) is 102 Å². The highest BCUT2D eigenvalue weighted by molar-refractivity contribution is 8.00. The Morgan fingerprint density at radius 2 is 1.33 bits per heavy atom. The van der Waals surface area contributed by atoms with Crippen molar-refractivity contribution in [1.82, 2.24) is 5.32 Å². The van der Waals surface area contributed by atoms with Crippen LogP contribution in [0.15, 0.2) is 95.9 Å². The average molecular weight is 418 g/mol. The van der Waals surface area contributed by atoms with E-state index in [0.29, 0.717) is 6.54 Å². The molecule has 4 rings (SSSR count). The van der Waals surface area contributed by atoms with E-state index in [0.717, 1.165) is 37.2 Å². The number of ether oxygens (including phenoxy) is 1. The molecule has 1 N–H and O–H groups in total. The summed E-state index contributed by atoms with van der Waals surface area (Å²) in [5, 5.41) is 3.30. The van der Waals surface area contributed by atoms with Gasteiger partial charge in [0.2, 0.25) is 5.91 Å². The molecule has 0 bridgehead atoms. The summed E-state index contributed by atoms with van der Waals surface area (Å²) in [6.07, 6.45) is 1.85. The summed E-state index contributed by atoms with van der Waals surface area (Å²) in [5.74, 6) is -0.266. The van der Waals surface area contributed by atoms with Gasteiger partial charge in [-0.05, 0) is 36.1 Å². The molecule has 1 amide bonds. The molecule has 1 aliphatic rings. The average Bonchev–Trinajstić information content (AvgIpc) is 2.81. The van der Waals surface area contributed by atoms with E-state index in [1.54, 1.807) is 0 Å². The number of rotatable bonds is 7. The Bertz CT molecular complexity index is 886. The number of hydrogen-bond acceptors (Lipinski definition) is 3. The van der Waals surface area contributed by atoms with Crippen LogP contribution in [0.5, 0.6) is 0 Å². The first kappa shape index (κ1) is 20.7. The van der Waals surface area contributed by atoms with E-state index in [-0.39, 0.29) is 16.6 Å². The summed E-state index contributed by atoms with van der Waals surface area (Å²) < 4.78 is 5.58. The highest BCUT2D eigenvalue weighted by Gasteiger charge is 2.35. The van der Waals surface area contributed by atoms with Crippen LogP contribution in [-0.2, 0) is 9.53 Å². The first-order valence-corrected chi connectivity index (χ1v) is 11.3. The van der Waals surface area contributed by atoms with Crippen molar-refractivity contribution < 1.29 is 9.53 Å². The smallest absolute Gasteiger partial charge is 0.232 e. The van der Waals surface area contributed by atoms with Crippen LogP contribution >= 0.6 is 11.8 Å². The highest BCUT2D eigenvalue weighted by Crippen LogP contribution is 2.40. The molecule has 1 aliphatic heterocycles. The summed E-state index contributed by atoms with van der Waals surface area (Å²) in [6.45, 7) is 2.10. The maximum Gasteiger partial charge on any atom is 0.232 e. The minimum Gasteiger partial charge on any atom is -0.381 e. The summed E-state index contributed by atoms with van der Waals surface area (Å²) in [4.78, 5) is 14.7. The lowest BCUT2D eigenvalue weighted by molar-refractivity contribution is -0.121. The first-order valence-electron chi connectivity index (χ1n) is 10.5. The fourth-order valence-electron chi connectivity index (χ4n) is 3.93. The third-order valence-electron chi connectivity index (χ3n) is 5.59. The molecule has 4 heteroatoms. The van der Waals surface area contributed by atoms with Gasteiger partial charge >= 0.3 is 0 Å². The van der Waals surface area contributed by atoms with Crippen LogP contribution in [0.2, 0.25) is 0 Å². The fourth-order valence-corrected chi connectivity index (χ4v) is 5.24. The van der Waals surface area contributed by atoms with Crippen molar-refractivity contribution >= 4 is 17.7 Å². The maximum atomic E-state index is 13.4. The third-order valence-corrected chi connectivity index (χ3v) is 7.09. The van der Waals surface area contributed by atoms with E-state index in [1.807, 2.05) is 78.5 Å². The van der Waals surface area contributed by atoms with Gasteiger partial charge in [-0.25, -0.2) is 0 Å². The molecule has 0 atom stereocenters. The molecule has 30 heavy (non-hydrogen) atoms. The van der Waals surface area contributed by atoms with E-state index in [4.69, 9.17) is 4.74 Å². The van der Waals surface area contributed by atoms with Crippen LogP contribution in [0.4, 0.5) is 0 Å². The summed E-state index contributed by atoms with van der Waals surface area (Å²) in [7, 11) is 0. The van der Waals surface area contributed by atoms with Crippen LogP contribution in [-0.4, -0.2) is 30.4 Å². The summed E-state index contributed by atoms with van der Waals surface area (Å²) in [5.41, 5.74) is 2.02. The second-order valence-corrected chi connectivity index (χ2v) is 9.22. The SMILES string of the molecule is O=C(NCC1(Sc2ccccc2)CCOCC1)C(c1ccccc1)c1ccccc1. The molecule has 0 spiro atoms. The van der Waals surface area contributed by atoms with Crippen LogP contribution in [0.3, 0.4) is 0 Å². The molecule has 1 fully saturated rings. The van der Waals surface area contributed by atoms with Gasteiger partial charge in [-0.3, -0.25) is 4.79 Å². The molecule has 0 unspecified atom stereocenters. The van der Waals surface area contributed by atoms with Gasteiger partial charge in [0.1, 0.15) is 0 Å². The number of benzene rings is 3. The van der Waals surface area contributed by atoms with E-state index < -0.39 is 0 Å². The molecule has 3 aromatic carbocycles. The molecular formula is C26H27NO2S. The van der Waals surface area contributed by atoms with Gasteiger partial charge in [-0.1, -0.05) is 78.9 Å². The van der Waals surface area contributed by atoms with Gasteiger partial charge in [0, 0.05) is 29.4 Å². The molecule has 0 saturated carbocycles. The second kappa shape index (κ2) is 9.96. The van der Waals surface area contributed by atoms with Gasteiger partial charge in [-0.15, -0.1) is 11.8 Å². The fraction of sp³-hybridized carbons (Fsp3) is 0.269. The van der Waals surface area contributed by atoms with Crippen LogP contribution < -0.4 is 5.32 Å². The number of hydrogen-bond donors (Lipinski definition) is 1. The van der Waals surface area contributed by atoms with E-state index in [9.17, 15) is 4.79 Å². The number of carbonyl (C=O) groups excluding carboxylic acids is 1. The molecule has 0 radical (unpaired) electrons. The maximum absolute atomic E-state index is 13.4. The monoisotopic (exact) mass is 417 g/mol. The Kier molecular flexibility index (Phi) is 6.88. The van der Waals surface area contributed by atoms with Gasteiger partial charge < -0.3 is 10.1 Å². The quantitative estimate of drug-likeness (QED) is 0.569. The number of amides is 1. The van der Waals surface area contributed by atoms with E-state index in [1.165, 1.54) is 4.90 Å². The zero-order valence-electron chi connectivity index (χ0n) is 17.0. The Morgan fingerprint density at radius 3 is 1.87 bits per heavy atom. The van der Waals surface area contributed by atoms with Gasteiger partial charge in [0.25, 0.3) is 0 Å². The van der Waals surface area contributed by atoms with Gasteiger partial charge in [0.15, 0.2) is 0 Å². The van der Waals surface area contributed by atoms with Gasteiger partial charge in [-0.2, -0.15) is 0 Å². The van der Waals surface area contributed by atoms with E-state index in [2.05, 4.69) is 29.6 Å². The van der Waals surface area contributed by atoms with Gasteiger partial charge in [0.05, 0.1) is 5.92 Å². The standard InChI is InChI=1S/C26H27NO2S/c28-25(24(21-10-4-1-5-11-21)22-12-6-2-7-13-22)27-20-26(16-18-29-19-17-26)30-23-14-8-3-9-15-23/h1-15,24H,16-20H2,(H,27,28). The second-order valence-electron chi connectivity index (χ2n) is 7.68. The minimum atomic E-state index is -0.314. The predicted octanol–water partition coefficient (Wildman–Crippen LogP) is 5.28. The lowest BCUT2D eigenvalue weighted by atomic mass is 9.90. The third kappa shape index (κ3) is 5.13. The molecule has 3 nitrogen and oxygen atoms in total. The minimum absolute atomic E-state index is 0.0481. The molecule has 3 aromatic rings. The van der Waals surface area contributed by atoms with Crippen LogP contribution in [0, 0.1) is 0 Å². The van der Waals surface area contributed by atoms with Crippen molar-refractivity contribution in [1.29, 1.82) is 0 Å². The molecule has 1 saturated heterocycles. The van der Waals surface area contributed by atoms with Crippen LogP contribution in [0.1, 0.15) is 29.9 Å². The Hall–Kier alpha value is -2.56. The molecule has 0 aromatic heterocycles. The molecule has 1 heterocycles. The summed E-state index contributed by atoms with van der Waals surface area (Å²) in [6, 6.07) is 30.5. The first-order chi connectivity index (χ1) is 14.8. The summed E-state index contributed by atoms with van der Waals surface area (Å²) >= 11 is 1.86. The molecular weight excluding hydrogens is 390 g/mol. The largest absolute Gasteiger partial charge is 0.381 e. The highest BCUT2D eigenvalue weighted by atomic mass is 32.2. The van der Waals surface area contributed by atoms with Crippen molar-refractivity contribution in [2.75, 3.05) is 19.8 Å². The van der Waals surface area contributed by atoms with Crippen molar-refractivity contribution in [3.8, 4) is 0 Å². The van der Waals surface area contributed by atoms with Crippen molar-refractivity contribution in [2.24, 2.45) is 0 Å². The Morgan fingerprint density at radius 1 is 0.833 bits per heavy atom. The lowest BCUT2D eigenvalue weighted by Gasteiger charge is -2.37. The normalized spacial score (nSPS) is 15.6. The lowest BCUT2D eigenvalue weighted by Crippen LogP contribution is -2.45. The Labute approximate surface area is 182 Å². The van der Waals surface area contributed by atoms with Crippen molar-refractivity contribution in [3.63, 3.8) is 0 Å². The Balaban J connectivity index is 1.54. The molecule has 0 aliphatic carbocycles. The number of thioether (sulfide) groups is 1. The number of carbonyl (C=O) groups is 1. The zero-order valence-corrected chi connectivity index (χ0v) is 17.8.